The average Bonchev–Trinajstić information content (AvgIpc) is 2.48. The molecule has 0 amide bonds. The molecule has 2 rings (SSSR count). The molecule has 0 unspecified atom stereocenters. The predicted octanol–water partition coefficient (Wildman–Crippen LogP) is 2.65. The van der Waals surface area contributed by atoms with Gasteiger partial charge in [-0.05, 0) is 28.1 Å². The molecule has 1 N–H and O–H groups in total. The van der Waals surface area contributed by atoms with Crippen LogP contribution in [0.3, 0.4) is 0 Å². The van der Waals surface area contributed by atoms with Gasteiger partial charge in [0.2, 0.25) is 0 Å². The summed E-state index contributed by atoms with van der Waals surface area (Å²) in [6.07, 6.45) is 1.23. The summed E-state index contributed by atoms with van der Waals surface area (Å²) in [7, 11) is 1.41. The summed E-state index contributed by atoms with van der Waals surface area (Å²) in [6.45, 7) is 0. The van der Waals surface area contributed by atoms with E-state index < -0.39 is 9.85 Å². The van der Waals surface area contributed by atoms with Crippen LogP contribution in [-0.4, -0.2) is 21.9 Å². The lowest BCUT2D eigenvalue weighted by atomic mass is 10.2. The minimum absolute atomic E-state index is 0.173. The zero-order chi connectivity index (χ0) is 15.4. The quantitative estimate of drug-likeness (QED) is 0.663. The molecule has 1 aromatic carbocycles. The van der Waals surface area contributed by atoms with E-state index in [1.807, 2.05) is 0 Å². The van der Waals surface area contributed by atoms with Crippen LogP contribution in [0.1, 0.15) is 0 Å². The average molecular weight is 290 g/mol. The number of aromatic nitrogens is 1. The van der Waals surface area contributed by atoms with Crippen molar-refractivity contribution in [2.75, 3.05) is 12.4 Å². The highest BCUT2D eigenvalue weighted by Gasteiger charge is 2.16. The molecule has 0 spiro atoms. The van der Waals surface area contributed by atoms with Crippen molar-refractivity contribution in [1.82, 2.24) is 4.98 Å². The first kappa shape index (κ1) is 14.2. The Kier molecular flexibility index (Phi) is 3.93. The fourth-order valence-corrected chi connectivity index (χ4v) is 1.62. The topological polar surface area (TPSA) is 120 Å². The molecule has 0 bridgehead atoms. The SMILES string of the molecule is COc1ccc(Nc2ccc([N+](=O)[O-])nc2)c([N+](=O)[O-])c1. The normalized spacial score (nSPS) is 9.95. The zero-order valence-electron chi connectivity index (χ0n) is 10.8. The van der Waals surface area contributed by atoms with E-state index in [0.717, 1.165) is 0 Å². The van der Waals surface area contributed by atoms with Gasteiger partial charge in [-0.3, -0.25) is 10.1 Å². The number of pyridine rings is 1. The van der Waals surface area contributed by atoms with Gasteiger partial charge in [0.1, 0.15) is 11.4 Å². The lowest BCUT2D eigenvalue weighted by Gasteiger charge is -2.07. The van der Waals surface area contributed by atoms with Crippen molar-refractivity contribution in [3.63, 3.8) is 0 Å². The third kappa shape index (κ3) is 3.21. The molecule has 0 aliphatic carbocycles. The van der Waals surface area contributed by atoms with E-state index >= 15 is 0 Å². The van der Waals surface area contributed by atoms with Crippen molar-refractivity contribution in [2.24, 2.45) is 0 Å². The molecule has 1 heterocycles. The maximum atomic E-state index is 11.0. The highest BCUT2D eigenvalue weighted by molar-refractivity contribution is 5.70. The molecule has 0 saturated heterocycles. The highest BCUT2D eigenvalue weighted by atomic mass is 16.6. The van der Waals surface area contributed by atoms with Gasteiger partial charge in [0, 0.05) is 6.07 Å². The molecule has 9 nitrogen and oxygen atoms in total. The lowest BCUT2D eigenvalue weighted by molar-refractivity contribution is -0.389. The largest absolute Gasteiger partial charge is 0.496 e. The Morgan fingerprint density at radius 1 is 1.14 bits per heavy atom. The Morgan fingerprint density at radius 2 is 1.90 bits per heavy atom. The van der Waals surface area contributed by atoms with Gasteiger partial charge in [-0.15, -0.1) is 0 Å². The Morgan fingerprint density at radius 3 is 2.43 bits per heavy atom. The number of rotatable bonds is 5. The zero-order valence-corrected chi connectivity index (χ0v) is 10.8. The summed E-state index contributed by atoms with van der Waals surface area (Å²) in [4.78, 5) is 24.0. The van der Waals surface area contributed by atoms with Gasteiger partial charge in [0.25, 0.3) is 5.69 Å². The van der Waals surface area contributed by atoms with Gasteiger partial charge >= 0.3 is 5.82 Å². The number of hydrogen-bond acceptors (Lipinski definition) is 7. The molecule has 2 aromatic rings. The van der Waals surface area contributed by atoms with Crippen molar-refractivity contribution in [3.05, 3.63) is 56.8 Å². The van der Waals surface area contributed by atoms with Crippen LogP contribution in [0.5, 0.6) is 5.75 Å². The van der Waals surface area contributed by atoms with Crippen LogP contribution in [0.4, 0.5) is 22.9 Å². The van der Waals surface area contributed by atoms with Crippen molar-refractivity contribution < 1.29 is 14.6 Å². The number of ether oxygens (including phenoxy) is 1. The van der Waals surface area contributed by atoms with Crippen molar-refractivity contribution >= 4 is 22.9 Å². The fourth-order valence-electron chi connectivity index (χ4n) is 1.62. The van der Waals surface area contributed by atoms with E-state index in [2.05, 4.69) is 10.3 Å². The minimum Gasteiger partial charge on any atom is -0.496 e. The molecular weight excluding hydrogens is 280 g/mol. The molecule has 0 radical (unpaired) electrons. The summed E-state index contributed by atoms with van der Waals surface area (Å²) in [5.74, 6) is 0.0545. The summed E-state index contributed by atoms with van der Waals surface area (Å²) in [5.41, 5.74) is 0.457. The van der Waals surface area contributed by atoms with Crippen molar-refractivity contribution in [1.29, 1.82) is 0 Å². The third-order valence-electron chi connectivity index (χ3n) is 2.62. The van der Waals surface area contributed by atoms with E-state index in [1.165, 1.54) is 37.6 Å². The number of nitro groups is 2. The van der Waals surface area contributed by atoms with Gasteiger partial charge < -0.3 is 20.2 Å². The molecule has 0 aliphatic heterocycles. The second-order valence-electron chi connectivity index (χ2n) is 3.93. The van der Waals surface area contributed by atoms with Crippen LogP contribution in [0, 0.1) is 20.2 Å². The molecule has 0 fully saturated rings. The van der Waals surface area contributed by atoms with E-state index in [1.54, 1.807) is 6.07 Å². The molecule has 0 saturated carbocycles. The number of methoxy groups -OCH3 is 1. The maximum absolute atomic E-state index is 11.0. The van der Waals surface area contributed by atoms with Gasteiger partial charge in [0.15, 0.2) is 6.20 Å². The van der Waals surface area contributed by atoms with Crippen LogP contribution in [-0.2, 0) is 0 Å². The second kappa shape index (κ2) is 5.82. The van der Waals surface area contributed by atoms with E-state index in [0.29, 0.717) is 11.4 Å². The predicted molar refractivity (Wildman–Crippen MR) is 73.8 cm³/mol. The highest BCUT2D eigenvalue weighted by Crippen LogP contribution is 2.31. The monoisotopic (exact) mass is 290 g/mol. The van der Waals surface area contributed by atoms with Crippen molar-refractivity contribution in [2.45, 2.75) is 0 Å². The number of hydrogen-bond donors (Lipinski definition) is 1. The molecule has 1 aromatic heterocycles. The first-order chi connectivity index (χ1) is 10.0. The van der Waals surface area contributed by atoms with Crippen LogP contribution >= 0.6 is 0 Å². The van der Waals surface area contributed by atoms with Gasteiger partial charge in [-0.25, -0.2) is 0 Å². The molecule has 21 heavy (non-hydrogen) atoms. The molecular formula is C12H10N4O5. The Balaban J connectivity index is 2.30. The Labute approximate surface area is 118 Å². The third-order valence-corrected chi connectivity index (χ3v) is 2.62. The number of anilines is 2. The van der Waals surface area contributed by atoms with Gasteiger partial charge in [-0.2, -0.15) is 0 Å². The lowest BCUT2D eigenvalue weighted by Crippen LogP contribution is -1.99. The standard InChI is InChI=1S/C12H10N4O5/c1-21-9-3-4-10(11(6-9)15(17)18)14-8-2-5-12(13-7-8)16(19)20/h2-7,14H,1H3. The van der Waals surface area contributed by atoms with Gasteiger partial charge in [-0.1, -0.05) is 0 Å². The number of nitrogens with zero attached hydrogens (tertiary/aromatic N) is 3. The number of benzene rings is 1. The van der Waals surface area contributed by atoms with Crippen LogP contribution < -0.4 is 10.1 Å². The van der Waals surface area contributed by atoms with Crippen LogP contribution in [0.15, 0.2) is 36.5 Å². The van der Waals surface area contributed by atoms with E-state index in [-0.39, 0.29) is 17.2 Å². The molecule has 9 heteroatoms. The first-order valence-corrected chi connectivity index (χ1v) is 5.71. The summed E-state index contributed by atoms with van der Waals surface area (Å²) in [5, 5.41) is 24.3. The first-order valence-electron chi connectivity index (χ1n) is 5.71. The maximum Gasteiger partial charge on any atom is 0.363 e. The number of nitro benzene ring substituents is 1. The van der Waals surface area contributed by atoms with Crippen LogP contribution in [0.2, 0.25) is 0 Å². The second-order valence-corrected chi connectivity index (χ2v) is 3.93. The minimum atomic E-state index is -0.625. The van der Waals surface area contributed by atoms with E-state index in [9.17, 15) is 20.2 Å². The van der Waals surface area contributed by atoms with Crippen LogP contribution in [0.25, 0.3) is 0 Å². The molecule has 0 atom stereocenters. The summed E-state index contributed by atoms with van der Waals surface area (Å²) < 4.78 is 4.93. The number of nitrogens with one attached hydrogen (secondary N) is 1. The summed E-state index contributed by atoms with van der Waals surface area (Å²) >= 11 is 0. The molecule has 108 valence electrons. The Hall–Kier alpha value is -3.23. The fraction of sp³-hybridized carbons (Fsp3) is 0.0833. The van der Waals surface area contributed by atoms with Crippen molar-refractivity contribution in [3.8, 4) is 5.75 Å². The van der Waals surface area contributed by atoms with Gasteiger partial charge in [0.05, 0.1) is 23.8 Å². The molecule has 0 aliphatic rings. The Bertz CT molecular complexity index is 687. The smallest absolute Gasteiger partial charge is 0.363 e. The van der Waals surface area contributed by atoms with E-state index in [4.69, 9.17) is 4.74 Å². The summed E-state index contributed by atoms with van der Waals surface area (Å²) in [6, 6.07) is 6.95.